The van der Waals surface area contributed by atoms with Crippen LogP contribution in [0.25, 0.3) is 0 Å². The van der Waals surface area contributed by atoms with Crippen LogP contribution in [-0.4, -0.2) is 19.1 Å². The van der Waals surface area contributed by atoms with Crippen LogP contribution < -0.4 is 4.90 Å². The van der Waals surface area contributed by atoms with Crippen LogP contribution >= 0.6 is 0 Å². The van der Waals surface area contributed by atoms with E-state index in [4.69, 9.17) is 4.42 Å². The van der Waals surface area contributed by atoms with Gasteiger partial charge in [-0.1, -0.05) is 20.8 Å². The SMILES string of the molecule is CN(C)c1ncc(C(C)(C)C)o1. The first-order chi connectivity index (χ1) is 5.41. The molecule has 0 spiro atoms. The molecule has 0 aliphatic rings. The van der Waals surface area contributed by atoms with E-state index in [2.05, 4.69) is 25.8 Å². The highest BCUT2D eigenvalue weighted by molar-refractivity contribution is 5.24. The van der Waals surface area contributed by atoms with Crippen LogP contribution in [0, 0.1) is 0 Å². The summed E-state index contributed by atoms with van der Waals surface area (Å²) in [7, 11) is 3.83. The minimum Gasteiger partial charge on any atom is -0.428 e. The molecule has 1 heterocycles. The third-order valence-corrected chi connectivity index (χ3v) is 1.62. The zero-order valence-electron chi connectivity index (χ0n) is 8.38. The molecular formula is C9H16N2O. The molecular weight excluding hydrogens is 152 g/mol. The molecule has 0 saturated carbocycles. The second kappa shape index (κ2) is 2.81. The molecule has 0 N–H and O–H groups in total. The average Bonchev–Trinajstić information content (AvgIpc) is 2.30. The van der Waals surface area contributed by atoms with Crippen LogP contribution in [0.3, 0.4) is 0 Å². The van der Waals surface area contributed by atoms with Crippen molar-refractivity contribution in [2.75, 3.05) is 19.0 Å². The van der Waals surface area contributed by atoms with Crippen LogP contribution in [0.1, 0.15) is 26.5 Å². The van der Waals surface area contributed by atoms with Gasteiger partial charge >= 0.3 is 0 Å². The van der Waals surface area contributed by atoms with Gasteiger partial charge in [-0.3, -0.25) is 0 Å². The summed E-state index contributed by atoms with van der Waals surface area (Å²) in [4.78, 5) is 6.00. The molecule has 12 heavy (non-hydrogen) atoms. The molecule has 0 saturated heterocycles. The van der Waals surface area contributed by atoms with Crippen molar-refractivity contribution in [2.45, 2.75) is 26.2 Å². The Morgan fingerprint density at radius 3 is 2.17 bits per heavy atom. The monoisotopic (exact) mass is 168 g/mol. The minimum atomic E-state index is 0.0429. The molecule has 1 aromatic heterocycles. The van der Waals surface area contributed by atoms with Gasteiger partial charge in [0.2, 0.25) is 0 Å². The van der Waals surface area contributed by atoms with Crippen molar-refractivity contribution in [1.82, 2.24) is 4.98 Å². The molecule has 1 rings (SSSR count). The number of oxazole rings is 1. The number of hydrogen-bond acceptors (Lipinski definition) is 3. The average molecular weight is 168 g/mol. The fraction of sp³-hybridized carbons (Fsp3) is 0.667. The Balaban J connectivity index is 2.92. The van der Waals surface area contributed by atoms with Crippen LogP contribution in [0.2, 0.25) is 0 Å². The van der Waals surface area contributed by atoms with Crippen molar-refractivity contribution in [3.8, 4) is 0 Å². The van der Waals surface area contributed by atoms with E-state index in [0.717, 1.165) is 5.76 Å². The molecule has 0 aliphatic heterocycles. The molecule has 0 unspecified atom stereocenters. The zero-order chi connectivity index (χ0) is 9.35. The van der Waals surface area contributed by atoms with Gasteiger partial charge in [0.05, 0.1) is 6.20 Å². The van der Waals surface area contributed by atoms with E-state index < -0.39 is 0 Å². The predicted molar refractivity (Wildman–Crippen MR) is 49.5 cm³/mol. The summed E-state index contributed by atoms with van der Waals surface area (Å²) < 4.78 is 5.52. The Kier molecular flexibility index (Phi) is 2.13. The Morgan fingerprint density at radius 1 is 1.33 bits per heavy atom. The van der Waals surface area contributed by atoms with Crippen LogP contribution in [-0.2, 0) is 5.41 Å². The van der Waals surface area contributed by atoms with Crippen molar-refractivity contribution in [1.29, 1.82) is 0 Å². The highest BCUT2D eigenvalue weighted by Crippen LogP contribution is 2.24. The predicted octanol–water partition coefficient (Wildman–Crippen LogP) is 2.04. The maximum atomic E-state index is 5.52. The van der Waals surface area contributed by atoms with E-state index in [1.165, 1.54) is 0 Å². The molecule has 0 radical (unpaired) electrons. The molecule has 0 aromatic carbocycles. The van der Waals surface area contributed by atoms with Gasteiger partial charge in [0.1, 0.15) is 5.76 Å². The number of aromatic nitrogens is 1. The Bertz CT molecular complexity index is 258. The third-order valence-electron chi connectivity index (χ3n) is 1.62. The smallest absolute Gasteiger partial charge is 0.296 e. The number of nitrogens with zero attached hydrogens (tertiary/aromatic N) is 2. The van der Waals surface area contributed by atoms with E-state index in [9.17, 15) is 0 Å². The Morgan fingerprint density at radius 2 is 1.92 bits per heavy atom. The lowest BCUT2D eigenvalue weighted by Gasteiger charge is -2.13. The fourth-order valence-corrected chi connectivity index (χ4v) is 0.818. The van der Waals surface area contributed by atoms with Gasteiger partial charge in [-0.2, -0.15) is 0 Å². The molecule has 0 atom stereocenters. The van der Waals surface area contributed by atoms with Crippen molar-refractivity contribution in [3.63, 3.8) is 0 Å². The third kappa shape index (κ3) is 1.78. The summed E-state index contributed by atoms with van der Waals surface area (Å²) in [6.45, 7) is 6.31. The molecule has 3 nitrogen and oxygen atoms in total. The van der Waals surface area contributed by atoms with E-state index in [-0.39, 0.29) is 5.41 Å². The number of anilines is 1. The second-order valence-electron chi connectivity index (χ2n) is 4.15. The summed E-state index contributed by atoms with van der Waals surface area (Å²) >= 11 is 0. The van der Waals surface area contributed by atoms with Crippen LogP contribution in [0.15, 0.2) is 10.6 Å². The van der Waals surface area contributed by atoms with Gasteiger partial charge in [0, 0.05) is 19.5 Å². The first kappa shape index (κ1) is 9.10. The second-order valence-corrected chi connectivity index (χ2v) is 4.15. The maximum absolute atomic E-state index is 5.52. The maximum Gasteiger partial charge on any atom is 0.296 e. The van der Waals surface area contributed by atoms with Crippen molar-refractivity contribution in [2.24, 2.45) is 0 Å². The minimum absolute atomic E-state index is 0.0429. The number of rotatable bonds is 1. The van der Waals surface area contributed by atoms with E-state index in [1.807, 2.05) is 19.0 Å². The lowest BCUT2D eigenvalue weighted by Crippen LogP contribution is -2.10. The highest BCUT2D eigenvalue weighted by Gasteiger charge is 2.19. The van der Waals surface area contributed by atoms with Crippen LogP contribution in [0.5, 0.6) is 0 Å². The number of hydrogen-bond donors (Lipinski definition) is 0. The summed E-state index contributed by atoms with van der Waals surface area (Å²) in [6, 6.07) is 0.667. The summed E-state index contributed by atoms with van der Waals surface area (Å²) in [5, 5.41) is 0. The lowest BCUT2D eigenvalue weighted by atomic mass is 9.94. The molecule has 68 valence electrons. The summed E-state index contributed by atoms with van der Waals surface area (Å²) in [6.07, 6.45) is 1.79. The van der Waals surface area contributed by atoms with Gasteiger partial charge in [0.25, 0.3) is 6.01 Å². The van der Waals surface area contributed by atoms with Gasteiger partial charge in [-0.15, -0.1) is 0 Å². The summed E-state index contributed by atoms with van der Waals surface area (Å²) in [5.74, 6) is 0.922. The van der Waals surface area contributed by atoms with E-state index in [0.29, 0.717) is 6.01 Å². The van der Waals surface area contributed by atoms with E-state index in [1.54, 1.807) is 6.20 Å². The standard InChI is InChI=1S/C9H16N2O/c1-9(2,3)7-6-10-8(12-7)11(4)5/h6H,1-5H3. The first-order valence-corrected chi connectivity index (χ1v) is 4.05. The topological polar surface area (TPSA) is 29.3 Å². The Labute approximate surface area is 73.4 Å². The molecule has 3 heteroatoms. The van der Waals surface area contributed by atoms with Crippen molar-refractivity contribution >= 4 is 6.01 Å². The van der Waals surface area contributed by atoms with Gasteiger partial charge in [-0.25, -0.2) is 4.98 Å². The molecule has 0 fully saturated rings. The van der Waals surface area contributed by atoms with Crippen LogP contribution in [0.4, 0.5) is 6.01 Å². The Hall–Kier alpha value is -0.990. The van der Waals surface area contributed by atoms with Gasteiger partial charge < -0.3 is 9.32 Å². The molecule has 1 aromatic rings. The normalized spacial score (nSPS) is 11.8. The molecule has 0 bridgehead atoms. The highest BCUT2D eigenvalue weighted by atomic mass is 16.4. The van der Waals surface area contributed by atoms with Gasteiger partial charge in [-0.05, 0) is 0 Å². The van der Waals surface area contributed by atoms with Crippen molar-refractivity contribution in [3.05, 3.63) is 12.0 Å². The fourth-order valence-electron chi connectivity index (χ4n) is 0.818. The van der Waals surface area contributed by atoms with Gasteiger partial charge in [0.15, 0.2) is 0 Å². The van der Waals surface area contributed by atoms with Crippen molar-refractivity contribution < 1.29 is 4.42 Å². The molecule has 0 aliphatic carbocycles. The molecule has 0 amide bonds. The summed E-state index contributed by atoms with van der Waals surface area (Å²) in [5.41, 5.74) is 0.0429. The lowest BCUT2D eigenvalue weighted by molar-refractivity contribution is 0.410. The zero-order valence-corrected chi connectivity index (χ0v) is 8.38. The largest absolute Gasteiger partial charge is 0.428 e. The van der Waals surface area contributed by atoms with E-state index >= 15 is 0 Å². The first-order valence-electron chi connectivity index (χ1n) is 4.05. The quantitative estimate of drug-likeness (QED) is 0.642.